The van der Waals surface area contributed by atoms with Crippen molar-refractivity contribution in [2.24, 2.45) is 0 Å². The van der Waals surface area contributed by atoms with Crippen molar-refractivity contribution in [3.63, 3.8) is 0 Å². The number of carbonyl (C=O) groups excluding carboxylic acids is 1. The average molecular weight is 454 g/mol. The Bertz CT molecular complexity index is 1150. The third kappa shape index (κ3) is 4.16. The van der Waals surface area contributed by atoms with E-state index in [-0.39, 0.29) is 5.91 Å². The van der Waals surface area contributed by atoms with Crippen LogP contribution in [-0.2, 0) is 0 Å². The molecule has 0 unspecified atom stereocenters. The minimum atomic E-state index is -0.217. The molecule has 2 heterocycles. The molecule has 2 aromatic heterocycles. The molecule has 7 nitrogen and oxygen atoms in total. The van der Waals surface area contributed by atoms with E-state index >= 15 is 0 Å². The first-order valence-corrected chi connectivity index (χ1v) is 11.5. The Hall–Kier alpha value is -3.10. The summed E-state index contributed by atoms with van der Waals surface area (Å²) in [7, 11) is 3.23. The van der Waals surface area contributed by atoms with Gasteiger partial charge in [0, 0.05) is 18.5 Å². The highest BCUT2D eigenvalue weighted by Crippen LogP contribution is 2.40. The molecule has 4 aromatic rings. The Balaban J connectivity index is 1.77. The molecule has 32 heavy (non-hydrogen) atoms. The molecule has 0 N–H and O–H groups in total. The van der Waals surface area contributed by atoms with Crippen LogP contribution in [0.2, 0.25) is 0 Å². The standard InChI is InChI=1S/C24H27N3O4S/c1-5-26(6-2)13-14-27(23(28)20-15-16-9-7-8-10-17(16)31-20)24-25-21-18(29-3)11-12-19(30-4)22(21)32-24/h7-12,15H,5-6,13-14H2,1-4H3. The third-order valence-corrected chi connectivity index (χ3v) is 6.64. The number of nitrogens with zero attached hydrogens (tertiary/aromatic N) is 3. The van der Waals surface area contributed by atoms with E-state index < -0.39 is 0 Å². The topological polar surface area (TPSA) is 68.0 Å². The monoisotopic (exact) mass is 453 g/mol. The lowest BCUT2D eigenvalue weighted by Crippen LogP contribution is -2.38. The summed E-state index contributed by atoms with van der Waals surface area (Å²) in [6.07, 6.45) is 0. The lowest BCUT2D eigenvalue weighted by atomic mass is 10.2. The van der Waals surface area contributed by atoms with Crippen LogP contribution in [-0.4, -0.2) is 56.2 Å². The van der Waals surface area contributed by atoms with Crippen molar-refractivity contribution in [2.75, 3.05) is 45.3 Å². The van der Waals surface area contributed by atoms with Gasteiger partial charge in [-0.05, 0) is 37.4 Å². The smallest absolute Gasteiger partial charge is 0.295 e. The first-order valence-electron chi connectivity index (χ1n) is 10.6. The van der Waals surface area contributed by atoms with E-state index in [1.54, 1.807) is 25.2 Å². The largest absolute Gasteiger partial charge is 0.495 e. The predicted molar refractivity (Wildman–Crippen MR) is 128 cm³/mol. The molecule has 0 bridgehead atoms. The molecule has 0 saturated carbocycles. The van der Waals surface area contributed by atoms with Crippen molar-refractivity contribution >= 4 is 43.6 Å². The highest BCUT2D eigenvalue weighted by atomic mass is 32.1. The number of likely N-dealkylation sites (N-methyl/N-ethyl adjacent to an activating group) is 1. The van der Waals surface area contributed by atoms with Gasteiger partial charge in [-0.1, -0.05) is 43.4 Å². The molecule has 0 spiro atoms. The van der Waals surface area contributed by atoms with Crippen LogP contribution < -0.4 is 14.4 Å². The van der Waals surface area contributed by atoms with Gasteiger partial charge in [-0.3, -0.25) is 9.69 Å². The number of hydrogen-bond donors (Lipinski definition) is 0. The lowest BCUT2D eigenvalue weighted by molar-refractivity contribution is 0.0959. The van der Waals surface area contributed by atoms with Gasteiger partial charge in [0.05, 0.1) is 14.2 Å². The molecule has 0 atom stereocenters. The molecular weight excluding hydrogens is 426 g/mol. The van der Waals surface area contributed by atoms with Crippen molar-refractivity contribution in [1.82, 2.24) is 9.88 Å². The molecule has 0 aliphatic carbocycles. The molecule has 0 aliphatic heterocycles. The van der Waals surface area contributed by atoms with Gasteiger partial charge in [-0.25, -0.2) is 4.98 Å². The summed E-state index contributed by atoms with van der Waals surface area (Å²) in [6.45, 7) is 7.26. The number of anilines is 1. The highest BCUT2D eigenvalue weighted by molar-refractivity contribution is 7.22. The average Bonchev–Trinajstić information content (AvgIpc) is 3.45. The van der Waals surface area contributed by atoms with Crippen LogP contribution in [0.25, 0.3) is 21.2 Å². The predicted octanol–water partition coefficient (Wildman–Crippen LogP) is 5.05. The number of aromatic nitrogens is 1. The maximum Gasteiger partial charge on any atom is 0.295 e. The highest BCUT2D eigenvalue weighted by Gasteiger charge is 2.26. The normalized spacial score (nSPS) is 11.4. The van der Waals surface area contributed by atoms with E-state index in [9.17, 15) is 4.79 Å². The zero-order valence-corrected chi connectivity index (χ0v) is 19.6. The van der Waals surface area contributed by atoms with Gasteiger partial charge >= 0.3 is 0 Å². The van der Waals surface area contributed by atoms with Crippen LogP contribution in [0.1, 0.15) is 24.4 Å². The van der Waals surface area contributed by atoms with Crippen LogP contribution in [0.15, 0.2) is 46.9 Å². The SMILES string of the molecule is CCN(CC)CCN(C(=O)c1cc2ccccc2o1)c1nc2c(OC)ccc(OC)c2s1. The second-order valence-corrected chi connectivity index (χ2v) is 8.25. The molecule has 8 heteroatoms. The number of furan rings is 1. The quantitative estimate of drug-likeness (QED) is 0.353. The van der Waals surface area contributed by atoms with Gasteiger partial charge in [-0.2, -0.15) is 0 Å². The van der Waals surface area contributed by atoms with E-state index in [4.69, 9.17) is 18.9 Å². The van der Waals surface area contributed by atoms with Crippen LogP contribution in [0, 0.1) is 0 Å². The summed E-state index contributed by atoms with van der Waals surface area (Å²) in [6, 6.07) is 13.1. The van der Waals surface area contributed by atoms with Gasteiger partial charge in [0.15, 0.2) is 10.9 Å². The van der Waals surface area contributed by atoms with Gasteiger partial charge in [0.25, 0.3) is 5.91 Å². The first kappa shape index (κ1) is 22.1. The van der Waals surface area contributed by atoms with Crippen LogP contribution in [0.5, 0.6) is 11.5 Å². The van der Waals surface area contributed by atoms with Gasteiger partial charge < -0.3 is 18.8 Å². The van der Waals surface area contributed by atoms with E-state index in [1.165, 1.54) is 11.3 Å². The maximum atomic E-state index is 13.6. The molecule has 4 rings (SSSR count). The Kier molecular flexibility index (Phi) is 6.62. The minimum Gasteiger partial charge on any atom is -0.495 e. The second kappa shape index (κ2) is 9.58. The number of fused-ring (bicyclic) bond motifs is 2. The summed E-state index contributed by atoms with van der Waals surface area (Å²) in [5, 5.41) is 1.48. The number of methoxy groups -OCH3 is 2. The van der Waals surface area contributed by atoms with Crippen LogP contribution >= 0.6 is 11.3 Å². The summed E-state index contributed by atoms with van der Waals surface area (Å²) in [5.41, 5.74) is 1.37. The number of amides is 1. The molecule has 0 aliphatic rings. The molecule has 2 aromatic carbocycles. The molecule has 168 valence electrons. The Morgan fingerprint density at radius 1 is 1.03 bits per heavy atom. The van der Waals surface area contributed by atoms with Gasteiger partial charge in [0.2, 0.25) is 0 Å². The molecule has 0 saturated heterocycles. The first-order chi connectivity index (χ1) is 15.6. The fourth-order valence-electron chi connectivity index (χ4n) is 3.68. The Morgan fingerprint density at radius 3 is 2.44 bits per heavy atom. The van der Waals surface area contributed by atoms with E-state index in [1.807, 2.05) is 36.4 Å². The molecule has 1 amide bonds. The number of benzene rings is 2. The van der Waals surface area contributed by atoms with E-state index in [2.05, 4.69) is 18.7 Å². The van der Waals surface area contributed by atoms with Gasteiger partial charge in [-0.15, -0.1) is 0 Å². The van der Waals surface area contributed by atoms with Crippen molar-refractivity contribution in [2.45, 2.75) is 13.8 Å². The van der Waals surface area contributed by atoms with Crippen LogP contribution in [0.3, 0.4) is 0 Å². The van der Waals surface area contributed by atoms with Gasteiger partial charge in [0.1, 0.15) is 27.3 Å². The molecule has 0 fully saturated rings. The Morgan fingerprint density at radius 2 is 1.75 bits per heavy atom. The lowest BCUT2D eigenvalue weighted by Gasteiger charge is -2.24. The summed E-state index contributed by atoms with van der Waals surface area (Å²) < 4.78 is 17.7. The number of thiazole rings is 1. The van der Waals surface area contributed by atoms with Crippen molar-refractivity contribution in [1.29, 1.82) is 0 Å². The third-order valence-electron chi connectivity index (χ3n) is 5.55. The van der Waals surface area contributed by atoms with E-state index in [0.29, 0.717) is 40.0 Å². The number of carbonyl (C=O) groups is 1. The van der Waals surface area contributed by atoms with Crippen molar-refractivity contribution in [3.8, 4) is 11.5 Å². The number of rotatable bonds is 9. The number of para-hydroxylation sites is 1. The minimum absolute atomic E-state index is 0.217. The van der Waals surface area contributed by atoms with Crippen molar-refractivity contribution in [3.05, 3.63) is 48.2 Å². The zero-order valence-electron chi connectivity index (χ0n) is 18.8. The number of ether oxygens (including phenoxy) is 2. The summed E-state index contributed by atoms with van der Waals surface area (Å²) in [4.78, 5) is 22.4. The fraction of sp³-hybridized carbons (Fsp3) is 0.333. The summed E-state index contributed by atoms with van der Waals surface area (Å²) in [5.74, 6) is 1.42. The second-order valence-electron chi connectivity index (χ2n) is 7.28. The fourth-order valence-corrected chi connectivity index (χ4v) is 4.77. The van der Waals surface area contributed by atoms with E-state index in [0.717, 1.165) is 29.7 Å². The van der Waals surface area contributed by atoms with Crippen LogP contribution in [0.4, 0.5) is 5.13 Å². The number of hydrogen-bond acceptors (Lipinski definition) is 7. The molecule has 0 radical (unpaired) electrons. The maximum absolute atomic E-state index is 13.6. The van der Waals surface area contributed by atoms with Crippen molar-refractivity contribution < 1.29 is 18.7 Å². The molecular formula is C24H27N3O4S. The zero-order chi connectivity index (χ0) is 22.7. The Labute approximate surface area is 191 Å². The summed E-state index contributed by atoms with van der Waals surface area (Å²) >= 11 is 1.41.